The van der Waals surface area contributed by atoms with Crippen molar-refractivity contribution in [2.75, 3.05) is 5.75 Å². The largest absolute Gasteiger partial charge is 0.310 e. The molecule has 4 heteroatoms. The number of thioether (sulfide) groups is 1. The Bertz CT molecular complexity index is 274. The molecule has 1 heterocycles. The van der Waals surface area contributed by atoms with E-state index < -0.39 is 0 Å². The van der Waals surface area contributed by atoms with Crippen LogP contribution in [0.4, 0.5) is 0 Å². The number of hydrogen-bond donors (Lipinski definition) is 1. The van der Waals surface area contributed by atoms with Gasteiger partial charge >= 0.3 is 0 Å². The van der Waals surface area contributed by atoms with Crippen LogP contribution in [0, 0.1) is 0 Å². The van der Waals surface area contributed by atoms with Crippen LogP contribution in [0.1, 0.15) is 32.8 Å². The van der Waals surface area contributed by atoms with Gasteiger partial charge in [-0.05, 0) is 19.1 Å². The van der Waals surface area contributed by atoms with E-state index in [1.165, 1.54) is 0 Å². The van der Waals surface area contributed by atoms with Gasteiger partial charge in [0.25, 0.3) is 0 Å². The SMILES string of the molecule is CCSc1ncc(CN[C@@H](C)CC)cn1. The summed E-state index contributed by atoms with van der Waals surface area (Å²) in [5.74, 6) is 1.02. The molecule has 1 rings (SSSR count). The summed E-state index contributed by atoms with van der Waals surface area (Å²) in [6.07, 6.45) is 4.95. The van der Waals surface area contributed by atoms with Gasteiger partial charge in [-0.2, -0.15) is 0 Å². The predicted octanol–water partition coefficient (Wildman–Crippen LogP) is 2.48. The maximum atomic E-state index is 4.28. The minimum absolute atomic E-state index is 0.551. The molecule has 1 aromatic rings. The maximum Gasteiger partial charge on any atom is 0.187 e. The highest BCUT2D eigenvalue weighted by Gasteiger charge is 2.00. The first kappa shape index (κ1) is 12.5. The van der Waals surface area contributed by atoms with Gasteiger partial charge in [-0.3, -0.25) is 0 Å². The average molecular weight is 225 g/mol. The number of nitrogens with one attached hydrogen (secondary N) is 1. The van der Waals surface area contributed by atoms with Gasteiger partial charge in [0.05, 0.1) is 0 Å². The Kier molecular flexibility index (Phi) is 5.65. The Hall–Kier alpha value is -0.610. The first-order chi connectivity index (χ1) is 7.26. The molecule has 0 aliphatic carbocycles. The van der Waals surface area contributed by atoms with Crippen molar-refractivity contribution in [3.8, 4) is 0 Å². The summed E-state index contributed by atoms with van der Waals surface area (Å²) in [7, 11) is 0. The first-order valence-corrected chi connectivity index (χ1v) is 6.41. The topological polar surface area (TPSA) is 37.8 Å². The van der Waals surface area contributed by atoms with Gasteiger partial charge < -0.3 is 5.32 Å². The summed E-state index contributed by atoms with van der Waals surface area (Å²) >= 11 is 1.67. The van der Waals surface area contributed by atoms with Crippen LogP contribution in [-0.4, -0.2) is 21.8 Å². The lowest BCUT2D eigenvalue weighted by molar-refractivity contribution is 0.532. The fourth-order valence-corrected chi connectivity index (χ4v) is 1.59. The third-order valence-corrected chi connectivity index (χ3v) is 2.98. The summed E-state index contributed by atoms with van der Waals surface area (Å²) < 4.78 is 0. The molecule has 0 amide bonds. The minimum Gasteiger partial charge on any atom is -0.310 e. The van der Waals surface area contributed by atoms with Crippen molar-refractivity contribution in [2.24, 2.45) is 0 Å². The molecular weight excluding hydrogens is 206 g/mol. The van der Waals surface area contributed by atoms with Crippen LogP contribution >= 0.6 is 11.8 Å². The van der Waals surface area contributed by atoms with E-state index in [-0.39, 0.29) is 0 Å². The van der Waals surface area contributed by atoms with Crippen LogP contribution < -0.4 is 5.32 Å². The fourth-order valence-electron chi connectivity index (χ4n) is 1.07. The van der Waals surface area contributed by atoms with Gasteiger partial charge in [-0.15, -0.1) is 0 Å². The summed E-state index contributed by atoms with van der Waals surface area (Å²) in [6.45, 7) is 7.32. The normalized spacial score (nSPS) is 12.7. The third kappa shape index (κ3) is 4.62. The summed E-state index contributed by atoms with van der Waals surface area (Å²) in [4.78, 5) is 8.57. The van der Waals surface area contributed by atoms with Crippen LogP contribution in [0.5, 0.6) is 0 Å². The first-order valence-electron chi connectivity index (χ1n) is 5.43. The molecule has 0 aromatic carbocycles. The van der Waals surface area contributed by atoms with E-state index in [1.54, 1.807) is 11.8 Å². The zero-order valence-electron chi connectivity index (χ0n) is 9.66. The molecule has 0 saturated heterocycles. The van der Waals surface area contributed by atoms with Crippen LogP contribution in [0.15, 0.2) is 17.6 Å². The van der Waals surface area contributed by atoms with Gasteiger partial charge in [0, 0.05) is 30.5 Å². The fraction of sp³-hybridized carbons (Fsp3) is 0.636. The smallest absolute Gasteiger partial charge is 0.187 e. The van der Waals surface area contributed by atoms with Crippen molar-refractivity contribution >= 4 is 11.8 Å². The second kappa shape index (κ2) is 6.80. The maximum absolute atomic E-state index is 4.28. The summed E-state index contributed by atoms with van der Waals surface area (Å²) in [5.41, 5.74) is 1.15. The Balaban J connectivity index is 2.42. The molecule has 0 spiro atoms. The lowest BCUT2D eigenvalue weighted by atomic mass is 10.2. The molecule has 1 N–H and O–H groups in total. The summed E-state index contributed by atoms with van der Waals surface area (Å²) in [5, 5.41) is 4.28. The quantitative estimate of drug-likeness (QED) is 0.596. The van der Waals surface area contributed by atoms with Crippen molar-refractivity contribution in [3.05, 3.63) is 18.0 Å². The second-order valence-electron chi connectivity index (χ2n) is 3.50. The molecule has 0 unspecified atom stereocenters. The van der Waals surface area contributed by atoms with E-state index in [1.807, 2.05) is 12.4 Å². The Morgan fingerprint density at radius 3 is 2.53 bits per heavy atom. The van der Waals surface area contributed by atoms with Crippen molar-refractivity contribution < 1.29 is 0 Å². The molecule has 1 aromatic heterocycles. The van der Waals surface area contributed by atoms with Crippen LogP contribution in [-0.2, 0) is 6.54 Å². The molecule has 0 aliphatic heterocycles. The standard InChI is InChI=1S/C11H19N3S/c1-4-9(3)12-6-10-7-13-11(14-8-10)15-5-2/h7-9,12H,4-6H2,1-3H3/t9-/m0/s1. The van der Waals surface area contributed by atoms with E-state index in [4.69, 9.17) is 0 Å². The van der Waals surface area contributed by atoms with Crippen molar-refractivity contribution in [1.82, 2.24) is 15.3 Å². The predicted molar refractivity (Wildman–Crippen MR) is 65.0 cm³/mol. The molecule has 3 nitrogen and oxygen atoms in total. The van der Waals surface area contributed by atoms with E-state index in [9.17, 15) is 0 Å². The summed E-state index contributed by atoms with van der Waals surface area (Å²) in [6, 6.07) is 0.551. The monoisotopic (exact) mass is 225 g/mol. The van der Waals surface area contributed by atoms with Crippen LogP contribution in [0.25, 0.3) is 0 Å². The van der Waals surface area contributed by atoms with Gasteiger partial charge in [0.1, 0.15) is 0 Å². The van der Waals surface area contributed by atoms with Gasteiger partial charge in [0.15, 0.2) is 5.16 Å². The zero-order chi connectivity index (χ0) is 11.1. The van der Waals surface area contributed by atoms with Crippen molar-refractivity contribution in [3.63, 3.8) is 0 Å². The van der Waals surface area contributed by atoms with Gasteiger partial charge in [-0.25, -0.2) is 9.97 Å². The number of aromatic nitrogens is 2. The molecule has 84 valence electrons. The van der Waals surface area contributed by atoms with E-state index in [0.29, 0.717) is 6.04 Å². The lowest BCUT2D eigenvalue weighted by Crippen LogP contribution is -2.24. The highest BCUT2D eigenvalue weighted by atomic mass is 32.2. The van der Waals surface area contributed by atoms with Crippen LogP contribution in [0.3, 0.4) is 0 Å². The zero-order valence-corrected chi connectivity index (χ0v) is 10.5. The van der Waals surface area contributed by atoms with E-state index >= 15 is 0 Å². The molecular formula is C11H19N3S. The Labute approximate surface area is 96.1 Å². The van der Waals surface area contributed by atoms with E-state index in [2.05, 4.69) is 36.1 Å². The number of nitrogens with zero attached hydrogens (tertiary/aromatic N) is 2. The molecule has 0 aliphatic rings. The molecule has 1 atom stereocenters. The Morgan fingerprint density at radius 2 is 2.00 bits per heavy atom. The average Bonchev–Trinajstić information content (AvgIpc) is 2.28. The highest BCUT2D eigenvalue weighted by Crippen LogP contribution is 2.10. The third-order valence-electron chi connectivity index (χ3n) is 2.22. The minimum atomic E-state index is 0.551. The lowest BCUT2D eigenvalue weighted by Gasteiger charge is -2.10. The van der Waals surface area contributed by atoms with Gasteiger partial charge in [0.2, 0.25) is 0 Å². The molecule has 15 heavy (non-hydrogen) atoms. The van der Waals surface area contributed by atoms with Crippen LogP contribution in [0.2, 0.25) is 0 Å². The molecule has 0 saturated carbocycles. The second-order valence-corrected chi connectivity index (χ2v) is 4.73. The molecule has 0 radical (unpaired) electrons. The highest BCUT2D eigenvalue weighted by molar-refractivity contribution is 7.99. The van der Waals surface area contributed by atoms with Gasteiger partial charge in [-0.1, -0.05) is 25.6 Å². The number of rotatable bonds is 6. The van der Waals surface area contributed by atoms with E-state index in [0.717, 1.165) is 29.4 Å². The number of hydrogen-bond acceptors (Lipinski definition) is 4. The molecule has 0 bridgehead atoms. The van der Waals surface area contributed by atoms with Crippen molar-refractivity contribution in [2.45, 2.75) is 44.9 Å². The molecule has 0 fully saturated rings. The Morgan fingerprint density at radius 1 is 1.33 bits per heavy atom. The van der Waals surface area contributed by atoms with Crippen molar-refractivity contribution in [1.29, 1.82) is 0 Å².